The number of piperazine rings is 1. The third kappa shape index (κ3) is 4.54. The molecule has 1 aliphatic rings. The van der Waals surface area contributed by atoms with Gasteiger partial charge in [-0.05, 0) is 48.5 Å². The molecule has 0 bridgehead atoms. The first-order valence-electron chi connectivity index (χ1n) is 11.5. The van der Waals surface area contributed by atoms with E-state index in [1.165, 1.54) is 12.1 Å². The number of fused-ring (bicyclic) bond motifs is 1. The van der Waals surface area contributed by atoms with Crippen LogP contribution in [0.1, 0.15) is 5.56 Å². The van der Waals surface area contributed by atoms with Crippen molar-refractivity contribution in [3.05, 3.63) is 84.2 Å². The van der Waals surface area contributed by atoms with E-state index in [9.17, 15) is 14.3 Å². The van der Waals surface area contributed by atoms with Gasteiger partial charge in [-0.3, -0.25) is 0 Å². The lowest BCUT2D eigenvalue weighted by Crippen LogP contribution is -2.58. The number of rotatable bonds is 4. The zero-order chi connectivity index (χ0) is 25.1. The van der Waals surface area contributed by atoms with Crippen LogP contribution in [0.2, 0.25) is 0 Å². The molecule has 2 heterocycles. The first kappa shape index (κ1) is 23.2. The lowest BCUT2D eigenvalue weighted by Gasteiger charge is -2.41. The molecular weight excluding hydrogens is 459 g/mol. The molecule has 0 aliphatic carbocycles. The molecule has 8 nitrogen and oxygen atoms in total. The lowest BCUT2D eigenvalue weighted by atomic mass is 10.0. The average Bonchev–Trinajstić information content (AvgIpc) is 2.93. The van der Waals surface area contributed by atoms with Crippen LogP contribution >= 0.6 is 0 Å². The monoisotopic (exact) mass is 482 g/mol. The smallest absolute Gasteiger partial charge is 0.322 e. The molecule has 2 N–H and O–H groups in total. The molecule has 9 heteroatoms. The predicted molar refractivity (Wildman–Crippen MR) is 135 cm³/mol. The van der Waals surface area contributed by atoms with E-state index in [4.69, 9.17) is 5.26 Å². The SMILES string of the molecule is N#Cc1ccc(NC(=O)N2CCN(c3nnc(-c4ccc(F)cc4)c4ccccc34)CC2CO)cc1. The van der Waals surface area contributed by atoms with Gasteiger partial charge < -0.3 is 20.2 Å². The number of hydrogen-bond donors (Lipinski definition) is 2. The zero-order valence-corrected chi connectivity index (χ0v) is 19.3. The highest BCUT2D eigenvalue weighted by molar-refractivity contribution is 6.00. The summed E-state index contributed by atoms with van der Waals surface area (Å²) in [6.07, 6.45) is 0. The van der Waals surface area contributed by atoms with Crippen molar-refractivity contribution in [1.29, 1.82) is 5.26 Å². The van der Waals surface area contributed by atoms with Gasteiger partial charge in [0.05, 0.1) is 24.3 Å². The Hall–Kier alpha value is -4.55. The maximum absolute atomic E-state index is 13.4. The molecule has 0 spiro atoms. The highest BCUT2D eigenvalue weighted by atomic mass is 19.1. The van der Waals surface area contributed by atoms with Crippen LogP contribution in [0.4, 0.5) is 20.7 Å². The van der Waals surface area contributed by atoms with Gasteiger partial charge in [-0.1, -0.05) is 24.3 Å². The second-order valence-electron chi connectivity index (χ2n) is 8.52. The molecule has 1 fully saturated rings. The van der Waals surface area contributed by atoms with Crippen molar-refractivity contribution in [1.82, 2.24) is 15.1 Å². The Morgan fingerprint density at radius 2 is 1.75 bits per heavy atom. The van der Waals surface area contributed by atoms with Crippen LogP contribution in [0.3, 0.4) is 0 Å². The largest absolute Gasteiger partial charge is 0.394 e. The van der Waals surface area contributed by atoms with Crippen LogP contribution in [0.5, 0.6) is 0 Å². The van der Waals surface area contributed by atoms with Crippen molar-refractivity contribution in [3.63, 3.8) is 0 Å². The van der Waals surface area contributed by atoms with Crippen molar-refractivity contribution < 1.29 is 14.3 Å². The van der Waals surface area contributed by atoms with Gasteiger partial charge in [-0.25, -0.2) is 9.18 Å². The molecule has 0 radical (unpaired) electrons. The third-order valence-electron chi connectivity index (χ3n) is 6.30. The average molecular weight is 483 g/mol. The van der Waals surface area contributed by atoms with Crippen LogP contribution in [-0.2, 0) is 0 Å². The van der Waals surface area contributed by atoms with E-state index in [1.807, 2.05) is 35.2 Å². The molecule has 0 saturated carbocycles. The van der Waals surface area contributed by atoms with Gasteiger partial charge in [0.2, 0.25) is 0 Å². The molecule has 36 heavy (non-hydrogen) atoms. The summed E-state index contributed by atoms with van der Waals surface area (Å²) in [4.78, 5) is 16.6. The fourth-order valence-corrected chi connectivity index (χ4v) is 4.44. The Morgan fingerprint density at radius 3 is 2.44 bits per heavy atom. The van der Waals surface area contributed by atoms with E-state index in [-0.39, 0.29) is 18.5 Å². The molecule has 180 valence electrons. The first-order chi connectivity index (χ1) is 17.6. The predicted octanol–water partition coefficient (Wildman–Crippen LogP) is 4.02. The number of amides is 2. The molecule has 1 unspecified atom stereocenters. The van der Waals surface area contributed by atoms with E-state index in [2.05, 4.69) is 15.5 Å². The van der Waals surface area contributed by atoms with Crippen LogP contribution in [0.25, 0.3) is 22.0 Å². The van der Waals surface area contributed by atoms with E-state index >= 15 is 0 Å². The molecule has 1 aromatic heterocycles. The van der Waals surface area contributed by atoms with E-state index < -0.39 is 6.04 Å². The second-order valence-corrected chi connectivity index (χ2v) is 8.52. The number of aliphatic hydroxyl groups excluding tert-OH is 1. The number of halogens is 1. The molecule has 4 aromatic rings. The van der Waals surface area contributed by atoms with Crippen molar-refractivity contribution in [3.8, 4) is 17.3 Å². The Morgan fingerprint density at radius 1 is 1.03 bits per heavy atom. The quantitative estimate of drug-likeness (QED) is 0.455. The number of hydrogen-bond acceptors (Lipinski definition) is 6. The maximum atomic E-state index is 13.4. The molecule has 1 atom stereocenters. The van der Waals surface area contributed by atoms with Gasteiger partial charge in [0.25, 0.3) is 0 Å². The van der Waals surface area contributed by atoms with E-state index in [1.54, 1.807) is 41.3 Å². The number of urea groups is 1. The number of aliphatic hydroxyl groups is 1. The Kier molecular flexibility index (Phi) is 6.43. The highest BCUT2D eigenvalue weighted by Crippen LogP contribution is 2.32. The normalized spacial score (nSPS) is 15.5. The number of benzene rings is 3. The van der Waals surface area contributed by atoms with E-state index in [0.29, 0.717) is 42.4 Å². The summed E-state index contributed by atoms with van der Waals surface area (Å²) in [7, 11) is 0. The molecule has 5 rings (SSSR count). The molecule has 2 amide bonds. The minimum Gasteiger partial charge on any atom is -0.394 e. The first-order valence-corrected chi connectivity index (χ1v) is 11.5. The van der Waals surface area contributed by atoms with Crippen LogP contribution in [0.15, 0.2) is 72.8 Å². The fourth-order valence-electron chi connectivity index (χ4n) is 4.44. The minimum atomic E-state index is -0.450. The number of nitriles is 1. The summed E-state index contributed by atoms with van der Waals surface area (Å²) in [5.74, 6) is 0.353. The van der Waals surface area contributed by atoms with Crippen molar-refractivity contribution in [2.45, 2.75) is 6.04 Å². The molecule has 3 aromatic carbocycles. The maximum Gasteiger partial charge on any atom is 0.322 e. The van der Waals surface area contributed by atoms with Gasteiger partial charge in [0.1, 0.15) is 11.5 Å². The summed E-state index contributed by atoms with van der Waals surface area (Å²) in [5, 5.41) is 32.6. The number of aromatic nitrogens is 2. The summed E-state index contributed by atoms with van der Waals surface area (Å²) >= 11 is 0. The summed E-state index contributed by atoms with van der Waals surface area (Å²) in [6.45, 7) is 1.05. The molecule has 1 aliphatic heterocycles. The van der Waals surface area contributed by atoms with Crippen molar-refractivity contribution in [2.24, 2.45) is 0 Å². The summed E-state index contributed by atoms with van der Waals surface area (Å²) in [5.41, 5.74) is 2.51. The number of nitrogens with zero attached hydrogens (tertiary/aromatic N) is 5. The van der Waals surface area contributed by atoms with Crippen LogP contribution in [-0.4, -0.2) is 58.5 Å². The van der Waals surface area contributed by atoms with Gasteiger partial charge in [-0.2, -0.15) is 5.26 Å². The Balaban J connectivity index is 1.38. The summed E-state index contributed by atoms with van der Waals surface area (Å²) in [6, 6.07) is 21.8. The van der Waals surface area contributed by atoms with Gasteiger partial charge in [0, 0.05) is 41.7 Å². The van der Waals surface area contributed by atoms with Crippen LogP contribution in [0, 0.1) is 17.1 Å². The topological polar surface area (TPSA) is 105 Å². The standard InChI is InChI=1S/C27H23FN6O2/c28-20-9-7-19(8-10-20)25-23-3-1-2-4-24(23)26(32-31-25)33-13-14-34(22(16-33)17-35)27(36)30-21-11-5-18(15-29)6-12-21/h1-12,22,35H,13-14,16-17H2,(H,30,36). The number of anilines is 2. The number of nitrogens with one attached hydrogen (secondary N) is 1. The lowest BCUT2D eigenvalue weighted by molar-refractivity contribution is 0.132. The molecule has 1 saturated heterocycles. The van der Waals surface area contributed by atoms with Crippen molar-refractivity contribution in [2.75, 3.05) is 36.5 Å². The third-order valence-corrected chi connectivity index (χ3v) is 6.30. The molecular formula is C27H23FN6O2. The zero-order valence-electron chi connectivity index (χ0n) is 19.3. The highest BCUT2D eigenvalue weighted by Gasteiger charge is 2.31. The second kappa shape index (κ2) is 9.98. The van der Waals surface area contributed by atoms with Crippen LogP contribution < -0.4 is 10.2 Å². The Bertz CT molecular complexity index is 1440. The number of carbonyl (C=O) groups is 1. The minimum absolute atomic E-state index is 0.212. The van der Waals surface area contributed by atoms with Gasteiger partial charge >= 0.3 is 6.03 Å². The van der Waals surface area contributed by atoms with Gasteiger partial charge in [0.15, 0.2) is 5.82 Å². The van der Waals surface area contributed by atoms with Gasteiger partial charge in [-0.15, -0.1) is 10.2 Å². The van der Waals surface area contributed by atoms with E-state index in [0.717, 1.165) is 16.3 Å². The van der Waals surface area contributed by atoms with Crippen molar-refractivity contribution >= 4 is 28.3 Å². The fraction of sp³-hybridized carbons (Fsp3) is 0.185. The Labute approximate surface area is 207 Å². The summed E-state index contributed by atoms with van der Waals surface area (Å²) < 4.78 is 13.4. The number of carbonyl (C=O) groups excluding carboxylic acids is 1.